The minimum atomic E-state index is -0.881. The zero-order valence-electron chi connectivity index (χ0n) is 11.0. The molecular weight excluding hydrogens is 331 g/mol. The van der Waals surface area contributed by atoms with E-state index in [-0.39, 0.29) is 11.4 Å². The molecule has 0 amide bonds. The first-order valence-electron chi connectivity index (χ1n) is 6.06. The van der Waals surface area contributed by atoms with Gasteiger partial charge >= 0.3 is 0 Å². The Balaban J connectivity index is 2.30. The second-order valence-electron chi connectivity index (χ2n) is 4.59. The van der Waals surface area contributed by atoms with Crippen LogP contribution in [0.15, 0.2) is 34.8 Å². The van der Waals surface area contributed by atoms with Crippen LogP contribution in [0.3, 0.4) is 0 Å². The van der Waals surface area contributed by atoms with E-state index >= 15 is 0 Å². The lowest BCUT2D eigenvalue weighted by atomic mass is 10.1. The fourth-order valence-corrected chi connectivity index (χ4v) is 2.31. The fraction of sp³-hybridized carbons (Fsp3) is 0.200. The number of rotatable bonds is 3. The molecular formula is C15H13BrF3N. The maximum atomic E-state index is 13.7. The molecule has 5 heteroatoms. The molecule has 0 radical (unpaired) electrons. The van der Waals surface area contributed by atoms with Gasteiger partial charge in [-0.25, -0.2) is 13.2 Å². The Morgan fingerprint density at radius 1 is 1.10 bits per heavy atom. The quantitative estimate of drug-likeness (QED) is 0.792. The first-order valence-corrected chi connectivity index (χ1v) is 6.85. The van der Waals surface area contributed by atoms with Crippen molar-refractivity contribution in [2.24, 2.45) is 0 Å². The lowest BCUT2D eigenvalue weighted by Crippen LogP contribution is -2.10. The summed E-state index contributed by atoms with van der Waals surface area (Å²) in [6.07, 6.45) is 0. The Hall–Kier alpha value is -1.49. The van der Waals surface area contributed by atoms with Crippen molar-refractivity contribution < 1.29 is 13.2 Å². The van der Waals surface area contributed by atoms with Gasteiger partial charge in [-0.05, 0) is 53.5 Å². The summed E-state index contributed by atoms with van der Waals surface area (Å²) in [4.78, 5) is 0. The normalized spacial score (nSPS) is 12.3. The molecule has 0 fully saturated rings. The minimum absolute atomic E-state index is 0.227. The minimum Gasteiger partial charge on any atom is -0.378 e. The van der Waals surface area contributed by atoms with Gasteiger partial charge in [0.25, 0.3) is 0 Å². The predicted octanol–water partition coefficient (Wildman–Crippen LogP) is 5.35. The van der Waals surface area contributed by atoms with Crippen molar-refractivity contribution in [2.45, 2.75) is 19.9 Å². The number of aryl methyl sites for hydroxylation is 1. The number of hydrogen-bond donors (Lipinski definition) is 1. The van der Waals surface area contributed by atoms with Crippen LogP contribution in [0.1, 0.15) is 24.1 Å². The summed E-state index contributed by atoms with van der Waals surface area (Å²) in [5.74, 6) is -2.11. The van der Waals surface area contributed by atoms with E-state index in [1.54, 1.807) is 19.9 Å². The van der Waals surface area contributed by atoms with Crippen LogP contribution in [-0.2, 0) is 0 Å². The van der Waals surface area contributed by atoms with Gasteiger partial charge in [0.2, 0.25) is 0 Å². The average molecular weight is 344 g/mol. The highest BCUT2D eigenvalue weighted by Gasteiger charge is 2.15. The second-order valence-corrected chi connectivity index (χ2v) is 5.44. The zero-order chi connectivity index (χ0) is 14.9. The van der Waals surface area contributed by atoms with Crippen molar-refractivity contribution in [3.63, 3.8) is 0 Å². The van der Waals surface area contributed by atoms with E-state index in [0.717, 1.165) is 6.07 Å². The van der Waals surface area contributed by atoms with Gasteiger partial charge in [-0.2, -0.15) is 0 Å². The standard InChI is InChI=1S/C15H13BrF3N/c1-8-6-13(18)11(16)7-14(8)20-9(2)10-4-3-5-12(17)15(10)19/h3-7,9,20H,1-2H3. The Morgan fingerprint density at radius 3 is 2.50 bits per heavy atom. The highest BCUT2D eigenvalue weighted by Crippen LogP contribution is 2.28. The molecule has 2 aromatic carbocycles. The summed E-state index contributed by atoms with van der Waals surface area (Å²) >= 11 is 3.10. The summed E-state index contributed by atoms with van der Waals surface area (Å²) in [6, 6.07) is 6.57. The monoisotopic (exact) mass is 343 g/mol. The lowest BCUT2D eigenvalue weighted by molar-refractivity contribution is 0.494. The van der Waals surface area contributed by atoms with Gasteiger partial charge in [0.1, 0.15) is 5.82 Å². The van der Waals surface area contributed by atoms with E-state index in [4.69, 9.17) is 0 Å². The molecule has 0 aliphatic heterocycles. The number of nitrogens with one attached hydrogen (secondary N) is 1. The van der Waals surface area contributed by atoms with Gasteiger partial charge < -0.3 is 5.32 Å². The molecule has 0 heterocycles. The van der Waals surface area contributed by atoms with Crippen LogP contribution in [0.4, 0.5) is 18.9 Å². The molecule has 0 aliphatic carbocycles. The predicted molar refractivity (Wildman–Crippen MR) is 77.2 cm³/mol. The van der Waals surface area contributed by atoms with E-state index in [1.807, 2.05) is 0 Å². The van der Waals surface area contributed by atoms with Crippen molar-refractivity contribution in [3.05, 3.63) is 63.4 Å². The molecule has 106 valence electrons. The topological polar surface area (TPSA) is 12.0 Å². The van der Waals surface area contributed by atoms with Gasteiger partial charge in [-0.15, -0.1) is 0 Å². The van der Waals surface area contributed by atoms with Crippen molar-refractivity contribution in [2.75, 3.05) is 5.32 Å². The van der Waals surface area contributed by atoms with Crippen LogP contribution in [0, 0.1) is 24.4 Å². The van der Waals surface area contributed by atoms with E-state index in [1.165, 1.54) is 18.2 Å². The van der Waals surface area contributed by atoms with Gasteiger partial charge in [0.15, 0.2) is 11.6 Å². The summed E-state index contributed by atoms with van der Waals surface area (Å²) in [7, 11) is 0. The van der Waals surface area contributed by atoms with Crippen LogP contribution in [-0.4, -0.2) is 0 Å². The van der Waals surface area contributed by atoms with Gasteiger partial charge in [0, 0.05) is 11.3 Å². The number of halogens is 4. The van der Waals surface area contributed by atoms with Crippen molar-refractivity contribution >= 4 is 21.6 Å². The van der Waals surface area contributed by atoms with Crippen LogP contribution in [0.5, 0.6) is 0 Å². The smallest absolute Gasteiger partial charge is 0.164 e. The molecule has 0 aliphatic rings. The molecule has 0 saturated carbocycles. The Kier molecular flexibility index (Phi) is 4.38. The second kappa shape index (κ2) is 5.87. The number of hydrogen-bond acceptors (Lipinski definition) is 1. The number of benzene rings is 2. The molecule has 0 aromatic heterocycles. The summed E-state index contributed by atoms with van der Waals surface area (Å²) in [5.41, 5.74) is 1.58. The van der Waals surface area contributed by atoms with Crippen LogP contribution in [0.25, 0.3) is 0 Å². The van der Waals surface area contributed by atoms with Gasteiger partial charge in [0.05, 0.1) is 10.5 Å². The van der Waals surface area contributed by atoms with Crippen LogP contribution < -0.4 is 5.32 Å². The van der Waals surface area contributed by atoms with Crippen molar-refractivity contribution in [1.29, 1.82) is 0 Å². The lowest BCUT2D eigenvalue weighted by Gasteiger charge is -2.18. The Labute approximate surface area is 123 Å². The third-order valence-electron chi connectivity index (χ3n) is 3.09. The molecule has 1 atom stereocenters. The van der Waals surface area contributed by atoms with Gasteiger partial charge in [-0.3, -0.25) is 0 Å². The Bertz CT molecular complexity index is 643. The van der Waals surface area contributed by atoms with E-state index in [2.05, 4.69) is 21.2 Å². The fourth-order valence-electron chi connectivity index (χ4n) is 1.97. The highest BCUT2D eigenvalue weighted by atomic mass is 79.9. The number of anilines is 1. The molecule has 0 bridgehead atoms. The maximum absolute atomic E-state index is 13.7. The molecule has 0 saturated heterocycles. The largest absolute Gasteiger partial charge is 0.378 e. The molecule has 2 rings (SSSR count). The zero-order valence-corrected chi connectivity index (χ0v) is 12.6. The molecule has 1 nitrogen and oxygen atoms in total. The molecule has 0 spiro atoms. The van der Waals surface area contributed by atoms with E-state index in [0.29, 0.717) is 15.7 Å². The summed E-state index contributed by atoms with van der Waals surface area (Å²) in [6.45, 7) is 3.46. The third kappa shape index (κ3) is 2.98. The van der Waals surface area contributed by atoms with Crippen LogP contribution in [0.2, 0.25) is 0 Å². The van der Waals surface area contributed by atoms with E-state index < -0.39 is 17.7 Å². The average Bonchev–Trinajstić information content (AvgIpc) is 2.39. The first kappa shape index (κ1) is 14.9. The first-order chi connectivity index (χ1) is 9.40. The van der Waals surface area contributed by atoms with E-state index in [9.17, 15) is 13.2 Å². The molecule has 2 aromatic rings. The molecule has 20 heavy (non-hydrogen) atoms. The van der Waals surface area contributed by atoms with Crippen molar-refractivity contribution in [3.8, 4) is 0 Å². The summed E-state index contributed by atoms with van der Waals surface area (Å²) in [5, 5.41) is 3.06. The van der Waals surface area contributed by atoms with Gasteiger partial charge in [-0.1, -0.05) is 12.1 Å². The molecule has 1 unspecified atom stereocenters. The highest BCUT2D eigenvalue weighted by molar-refractivity contribution is 9.10. The van der Waals surface area contributed by atoms with Crippen molar-refractivity contribution in [1.82, 2.24) is 0 Å². The Morgan fingerprint density at radius 2 is 1.80 bits per heavy atom. The van der Waals surface area contributed by atoms with Crippen LogP contribution >= 0.6 is 15.9 Å². The SMILES string of the molecule is Cc1cc(F)c(Br)cc1NC(C)c1cccc(F)c1F. The summed E-state index contributed by atoms with van der Waals surface area (Å²) < 4.78 is 40.6. The molecule has 1 N–H and O–H groups in total. The third-order valence-corrected chi connectivity index (χ3v) is 3.69. The maximum Gasteiger partial charge on any atom is 0.164 e.